The number of nitrogens with zero attached hydrogens (tertiary/aromatic N) is 3. The topological polar surface area (TPSA) is 120 Å². The molecule has 1 fully saturated rings. The molecular formula is C16H16BrN5O4. The molecule has 0 radical (unpaired) electrons. The summed E-state index contributed by atoms with van der Waals surface area (Å²) in [4.78, 5) is 37.3. The number of nitrogens with one attached hydrogen (secondary N) is 1. The molecular weight excluding hydrogens is 406 g/mol. The number of aromatic nitrogens is 2. The molecule has 0 unspecified atom stereocenters. The average molecular weight is 422 g/mol. The molecule has 1 saturated heterocycles. The minimum Gasteiger partial charge on any atom is -0.414 e. The number of para-hydroxylation sites is 1. The molecule has 1 amide bonds. The minimum absolute atomic E-state index is 0.0144. The standard InChI is InChI=1S/C16H16BrN5O4/c17-11-12(26-16(25)13(18)23)14(21-8-6-19-7-9-21)20-22(15(11)24)10-4-2-1-3-5-10/h1-5,19H,6-9H2,(H2,18,23). The maximum Gasteiger partial charge on any atom is 0.402 e. The Labute approximate surface area is 156 Å². The van der Waals surface area contributed by atoms with Gasteiger partial charge >= 0.3 is 11.9 Å². The van der Waals surface area contributed by atoms with Crippen molar-refractivity contribution in [2.24, 2.45) is 5.73 Å². The minimum atomic E-state index is -1.26. The summed E-state index contributed by atoms with van der Waals surface area (Å²) in [6.07, 6.45) is 0. The third kappa shape index (κ3) is 3.60. The lowest BCUT2D eigenvalue weighted by atomic mass is 10.3. The molecule has 3 rings (SSSR count). The predicted octanol–water partition coefficient (Wildman–Crippen LogP) is -0.205. The van der Waals surface area contributed by atoms with Crippen molar-refractivity contribution >= 4 is 33.6 Å². The van der Waals surface area contributed by atoms with Crippen molar-refractivity contribution in [3.63, 3.8) is 0 Å². The molecule has 3 N–H and O–H groups in total. The average Bonchev–Trinajstić information content (AvgIpc) is 2.67. The number of carbonyl (C=O) groups excluding carboxylic acids is 2. The summed E-state index contributed by atoms with van der Waals surface area (Å²) in [5.74, 6) is -2.36. The molecule has 136 valence electrons. The van der Waals surface area contributed by atoms with Crippen LogP contribution in [0.2, 0.25) is 0 Å². The second-order valence-electron chi connectivity index (χ2n) is 5.51. The van der Waals surface area contributed by atoms with Gasteiger partial charge in [0.2, 0.25) is 0 Å². The van der Waals surface area contributed by atoms with Crippen LogP contribution in [0.25, 0.3) is 5.69 Å². The third-order valence-corrected chi connectivity index (χ3v) is 4.49. The van der Waals surface area contributed by atoms with E-state index in [0.717, 1.165) is 0 Å². The molecule has 2 heterocycles. The van der Waals surface area contributed by atoms with Gasteiger partial charge < -0.3 is 20.7 Å². The maximum atomic E-state index is 12.7. The third-order valence-electron chi connectivity index (χ3n) is 3.79. The van der Waals surface area contributed by atoms with Crippen molar-refractivity contribution in [2.75, 3.05) is 31.1 Å². The number of esters is 1. The SMILES string of the molecule is NC(=O)C(=O)Oc1c(N2CCNCC2)nn(-c2ccccc2)c(=O)c1Br. The van der Waals surface area contributed by atoms with Crippen LogP contribution in [0.5, 0.6) is 5.75 Å². The fourth-order valence-corrected chi connectivity index (χ4v) is 2.96. The number of hydrogen-bond donors (Lipinski definition) is 2. The van der Waals surface area contributed by atoms with Crippen LogP contribution in [0.3, 0.4) is 0 Å². The molecule has 1 aromatic carbocycles. The first kappa shape index (κ1) is 18.1. The van der Waals surface area contributed by atoms with E-state index in [4.69, 9.17) is 10.5 Å². The van der Waals surface area contributed by atoms with Gasteiger partial charge in [0.05, 0.1) is 5.69 Å². The van der Waals surface area contributed by atoms with Gasteiger partial charge in [-0.25, -0.2) is 4.79 Å². The van der Waals surface area contributed by atoms with E-state index >= 15 is 0 Å². The number of carbonyl (C=O) groups is 2. The number of rotatable bonds is 3. The largest absolute Gasteiger partial charge is 0.414 e. The van der Waals surface area contributed by atoms with E-state index in [1.165, 1.54) is 4.68 Å². The van der Waals surface area contributed by atoms with Gasteiger partial charge in [-0.2, -0.15) is 4.68 Å². The number of hydrogen-bond acceptors (Lipinski definition) is 7. The molecule has 1 aliphatic rings. The van der Waals surface area contributed by atoms with Crippen molar-refractivity contribution < 1.29 is 14.3 Å². The van der Waals surface area contributed by atoms with Crippen LogP contribution < -0.4 is 26.2 Å². The van der Waals surface area contributed by atoms with E-state index in [1.807, 2.05) is 11.0 Å². The van der Waals surface area contributed by atoms with Gasteiger partial charge in [0.15, 0.2) is 11.6 Å². The lowest BCUT2D eigenvalue weighted by Gasteiger charge is -2.29. The van der Waals surface area contributed by atoms with Crippen molar-refractivity contribution in [1.82, 2.24) is 15.1 Å². The molecule has 0 atom stereocenters. The normalized spacial score (nSPS) is 14.1. The van der Waals surface area contributed by atoms with E-state index in [9.17, 15) is 14.4 Å². The predicted molar refractivity (Wildman–Crippen MR) is 97.4 cm³/mol. The first-order chi connectivity index (χ1) is 12.5. The fraction of sp³-hybridized carbons (Fsp3) is 0.250. The number of anilines is 1. The van der Waals surface area contributed by atoms with E-state index in [1.54, 1.807) is 24.3 Å². The van der Waals surface area contributed by atoms with E-state index in [0.29, 0.717) is 31.9 Å². The summed E-state index contributed by atoms with van der Waals surface area (Å²) < 4.78 is 6.26. The zero-order chi connectivity index (χ0) is 18.7. The van der Waals surface area contributed by atoms with Crippen molar-refractivity contribution in [2.45, 2.75) is 0 Å². The Morgan fingerprint density at radius 1 is 1.19 bits per heavy atom. The van der Waals surface area contributed by atoms with Gasteiger partial charge in [-0.05, 0) is 28.1 Å². The van der Waals surface area contributed by atoms with Gasteiger partial charge in [0, 0.05) is 26.2 Å². The number of primary amides is 1. The lowest BCUT2D eigenvalue weighted by molar-refractivity contribution is -0.146. The summed E-state index contributed by atoms with van der Waals surface area (Å²) in [7, 11) is 0. The van der Waals surface area contributed by atoms with Crippen LogP contribution >= 0.6 is 15.9 Å². The summed E-state index contributed by atoms with van der Waals surface area (Å²) >= 11 is 3.18. The summed E-state index contributed by atoms with van der Waals surface area (Å²) in [6, 6.07) is 8.85. The second kappa shape index (κ2) is 7.67. The number of nitrogens with two attached hydrogens (primary N) is 1. The van der Waals surface area contributed by atoms with Crippen molar-refractivity contribution in [3.05, 3.63) is 45.2 Å². The number of halogens is 1. The van der Waals surface area contributed by atoms with Gasteiger partial charge in [-0.3, -0.25) is 9.59 Å². The van der Waals surface area contributed by atoms with Crippen LogP contribution in [0.1, 0.15) is 0 Å². The molecule has 9 nitrogen and oxygen atoms in total. The Hall–Kier alpha value is -2.72. The Morgan fingerprint density at radius 2 is 1.85 bits per heavy atom. The molecule has 0 saturated carbocycles. The first-order valence-corrected chi connectivity index (χ1v) is 8.64. The Balaban J connectivity index is 2.16. The highest BCUT2D eigenvalue weighted by Crippen LogP contribution is 2.32. The van der Waals surface area contributed by atoms with Crippen LogP contribution in [0, 0.1) is 0 Å². The summed E-state index contributed by atoms with van der Waals surface area (Å²) in [5, 5.41) is 7.59. The lowest BCUT2D eigenvalue weighted by Crippen LogP contribution is -2.45. The van der Waals surface area contributed by atoms with Crippen LogP contribution in [0.4, 0.5) is 5.82 Å². The van der Waals surface area contributed by atoms with Gasteiger partial charge in [0.1, 0.15) is 4.47 Å². The molecule has 10 heteroatoms. The fourth-order valence-electron chi connectivity index (χ4n) is 2.53. The Morgan fingerprint density at radius 3 is 2.46 bits per heavy atom. The number of ether oxygens (including phenoxy) is 1. The number of benzene rings is 1. The monoisotopic (exact) mass is 421 g/mol. The van der Waals surface area contributed by atoms with Crippen molar-refractivity contribution in [3.8, 4) is 11.4 Å². The van der Waals surface area contributed by atoms with E-state index < -0.39 is 17.4 Å². The number of piperazine rings is 1. The zero-order valence-corrected chi connectivity index (χ0v) is 15.2. The highest BCUT2D eigenvalue weighted by Gasteiger charge is 2.26. The molecule has 1 aliphatic heterocycles. The maximum absolute atomic E-state index is 12.7. The molecule has 0 bridgehead atoms. The van der Waals surface area contributed by atoms with Crippen molar-refractivity contribution in [1.29, 1.82) is 0 Å². The van der Waals surface area contributed by atoms with Gasteiger partial charge in [-0.1, -0.05) is 18.2 Å². The molecule has 0 spiro atoms. The number of amides is 1. The molecule has 2 aromatic rings. The van der Waals surface area contributed by atoms with Gasteiger partial charge in [0.25, 0.3) is 5.56 Å². The zero-order valence-electron chi connectivity index (χ0n) is 13.6. The van der Waals surface area contributed by atoms with E-state index in [2.05, 4.69) is 26.3 Å². The Bertz CT molecular complexity index is 894. The highest BCUT2D eigenvalue weighted by atomic mass is 79.9. The van der Waals surface area contributed by atoms with Crippen LogP contribution in [-0.2, 0) is 9.59 Å². The van der Waals surface area contributed by atoms with Gasteiger partial charge in [-0.15, -0.1) is 5.10 Å². The van der Waals surface area contributed by atoms with Crippen LogP contribution in [0.15, 0.2) is 39.6 Å². The summed E-state index contributed by atoms with van der Waals surface area (Å²) in [5.41, 5.74) is 5.00. The quantitative estimate of drug-likeness (QED) is 0.519. The second-order valence-corrected chi connectivity index (χ2v) is 6.30. The summed E-state index contributed by atoms with van der Waals surface area (Å²) in [6.45, 7) is 2.58. The highest BCUT2D eigenvalue weighted by molar-refractivity contribution is 9.10. The van der Waals surface area contributed by atoms with E-state index in [-0.39, 0.29) is 16.0 Å². The van der Waals surface area contributed by atoms with Crippen LogP contribution in [-0.4, -0.2) is 47.8 Å². The molecule has 1 aromatic heterocycles. The Kier molecular flexibility index (Phi) is 5.33. The molecule has 26 heavy (non-hydrogen) atoms. The first-order valence-electron chi connectivity index (χ1n) is 7.84. The molecule has 0 aliphatic carbocycles. The smallest absolute Gasteiger partial charge is 0.402 e.